The summed E-state index contributed by atoms with van der Waals surface area (Å²) in [4.78, 5) is 0. The summed E-state index contributed by atoms with van der Waals surface area (Å²) in [7, 11) is -2.68. The van der Waals surface area contributed by atoms with Gasteiger partial charge in [0.1, 0.15) is 0 Å². The van der Waals surface area contributed by atoms with E-state index in [0.717, 1.165) is 19.3 Å². The van der Waals surface area contributed by atoms with Crippen LogP contribution in [0.4, 0.5) is 0 Å². The van der Waals surface area contributed by atoms with Gasteiger partial charge < -0.3 is 0 Å². The van der Waals surface area contributed by atoms with Crippen molar-refractivity contribution in [1.29, 1.82) is 0 Å². The van der Waals surface area contributed by atoms with E-state index in [0.29, 0.717) is 0 Å². The molecule has 1 aliphatic carbocycles. The molecule has 1 unspecified atom stereocenters. The van der Waals surface area contributed by atoms with Crippen LogP contribution in [0.3, 0.4) is 0 Å². The van der Waals surface area contributed by atoms with Crippen molar-refractivity contribution in [2.45, 2.75) is 113 Å². The van der Waals surface area contributed by atoms with E-state index in [9.17, 15) is 0 Å². The third kappa shape index (κ3) is 5.60. The van der Waals surface area contributed by atoms with E-state index in [1.165, 1.54) is 49.3 Å². The number of aryl methyl sites for hydroxylation is 4. The standard InChI is InChI=1S/C39H52Si/c1-13-30-20-31(14-2)22-35(21-30)40(37-28(5)15-16-29(37)6,34-18-26(3)17-27(4)19-34)36-24-32(38(7,8)9)23-33(25-36)39(10,11)12/h15,17-25H,13-14,16H2,1-12H3. The lowest BCUT2D eigenvalue weighted by Gasteiger charge is -2.39. The molecular formula is C39H52Si. The predicted molar refractivity (Wildman–Crippen MR) is 181 cm³/mol. The molecule has 3 aromatic carbocycles. The summed E-state index contributed by atoms with van der Waals surface area (Å²) in [6.45, 7) is 28.2. The second-order valence-electron chi connectivity index (χ2n) is 14.4. The first-order valence-electron chi connectivity index (χ1n) is 15.4. The molecule has 1 heteroatoms. The van der Waals surface area contributed by atoms with Crippen LogP contribution in [0.1, 0.15) is 109 Å². The fourth-order valence-electron chi connectivity index (χ4n) is 6.68. The van der Waals surface area contributed by atoms with Crippen molar-refractivity contribution in [1.82, 2.24) is 0 Å². The molecular weight excluding hydrogens is 497 g/mol. The molecule has 0 heterocycles. The summed E-state index contributed by atoms with van der Waals surface area (Å²) in [5.74, 6) is 0. The number of allylic oxidation sites excluding steroid dienone is 4. The van der Waals surface area contributed by atoms with E-state index < -0.39 is 8.07 Å². The third-order valence-corrected chi connectivity index (χ3v) is 14.0. The minimum atomic E-state index is -2.68. The van der Waals surface area contributed by atoms with Crippen LogP contribution >= 0.6 is 0 Å². The van der Waals surface area contributed by atoms with Crippen LogP contribution in [-0.4, -0.2) is 8.07 Å². The van der Waals surface area contributed by atoms with Crippen LogP contribution in [0.15, 0.2) is 77.0 Å². The van der Waals surface area contributed by atoms with Crippen LogP contribution < -0.4 is 15.6 Å². The Kier molecular flexibility index (Phi) is 8.32. The number of hydrogen-bond acceptors (Lipinski definition) is 0. The topological polar surface area (TPSA) is 0 Å². The summed E-state index contributed by atoms with van der Waals surface area (Å²) < 4.78 is 0. The van der Waals surface area contributed by atoms with E-state index >= 15 is 0 Å². The van der Waals surface area contributed by atoms with Crippen molar-refractivity contribution in [2.24, 2.45) is 0 Å². The molecule has 0 bridgehead atoms. The SMILES string of the molecule is CCc1cc(CC)cc([Si](C2=C(C)CC=C2C)(c2cc(C)cc(C)c2)c2cc(C(C)(C)C)cc(C(C)(C)C)c2)c1. The largest absolute Gasteiger partial charge is 0.179 e. The molecule has 4 rings (SSSR count). The molecule has 0 aliphatic heterocycles. The van der Waals surface area contributed by atoms with Crippen LogP contribution in [0.5, 0.6) is 0 Å². The minimum Gasteiger partial charge on any atom is -0.0776 e. The van der Waals surface area contributed by atoms with Gasteiger partial charge in [-0.25, -0.2) is 0 Å². The first kappa shape index (κ1) is 30.3. The minimum absolute atomic E-state index is 0.0580. The highest BCUT2D eigenvalue weighted by atomic mass is 28.3. The highest BCUT2D eigenvalue weighted by molar-refractivity contribution is 7.16. The van der Waals surface area contributed by atoms with Crippen molar-refractivity contribution in [3.05, 3.63) is 110 Å². The Morgan fingerprint density at radius 2 is 1.02 bits per heavy atom. The third-order valence-electron chi connectivity index (χ3n) is 8.97. The van der Waals surface area contributed by atoms with Crippen LogP contribution in [0, 0.1) is 13.8 Å². The van der Waals surface area contributed by atoms with Gasteiger partial charge in [-0.1, -0.05) is 138 Å². The van der Waals surface area contributed by atoms with Crippen LogP contribution in [0.25, 0.3) is 0 Å². The molecule has 3 aromatic rings. The highest BCUT2D eigenvalue weighted by Gasteiger charge is 2.46. The normalized spacial score (nSPS) is 15.8. The molecule has 1 atom stereocenters. The summed E-state index contributed by atoms with van der Waals surface area (Å²) >= 11 is 0. The van der Waals surface area contributed by atoms with Crippen molar-refractivity contribution in [2.75, 3.05) is 0 Å². The van der Waals surface area contributed by atoms with Gasteiger partial charge in [0.25, 0.3) is 0 Å². The lowest BCUT2D eigenvalue weighted by molar-refractivity contribution is 0.569. The Morgan fingerprint density at radius 3 is 1.43 bits per heavy atom. The Labute approximate surface area is 246 Å². The lowest BCUT2D eigenvalue weighted by Crippen LogP contribution is -2.69. The molecule has 0 fully saturated rings. The molecule has 0 radical (unpaired) electrons. The Hall–Kier alpha value is -2.64. The summed E-state index contributed by atoms with van der Waals surface area (Å²) in [5, 5.41) is 6.23. The molecule has 0 spiro atoms. The lowest BCUT2D eigenvalue weighted by atomic mass is 9.81. The van der Waals surface area contributed by atoms with E-state index in [4.69, 9.17) is 0 Å². The van der Waals surface area contributed by atoms with Crippen LogP contribution in [-0.2, 0) is 23.7 Å². The summed E-state index contributed by atoms with van der Waals surface area (Å²) in [5.41, 5.74) is 11.6. The van der Waals surface area contributed by atoms with Crippen molar-refractivity contribution in [3.8, 4) is 0 Å². The summed E-state index contributed by atoms with van der Waals surface area (Å²) in [6, 6.07) is 22.7. The fourth-order valence-corrected chi connectivity index (χ4v) is 12.4. The highest BCUT2D eigenvalue weighted by Crippen LogP contribution is 2.36. The molecule has 1 aliphatic rings. The fraction of sp³-hybridized carbons (Fsp3) is 0.436. The second-order valence-corrected chi connectivity index (χ2v) is 18.1. The maximum Gasteiger partial charge on any atom is 0.179 e. The quantitative estimate of drug-likeness (QED) is 0.213. The molecule has 0 saturated carbocycles. The van der Waals surface area contributed by atoms with Gasteiger partial charge in [-0.3, -0.25) is 0 Å². The van der Waals surface area contributed by atoms with Crippen molar-refractivity contribution < 1.29 is 0 Å². The van der Waals surface area contributed by atoms with Gasteiger partial charge in [0.15, 0.2) is 8.07 Å². The van der Waals surface area contributed by atoms with E-state index in [2.05, 4.69) is 144 Å². The van der Waals surface area contributed by atoms with Gasteiger partial charge in [0, 0.05) is 0 Å². The van der Waals surface area contributed by atoms with Crippen LogP contribution in [0.2, 0.25) is 0 Å². The number of rotatable bonds is 6. The second kappa shape index (κ2) is 11.0. The predicted octanol–water partition coefficient (Wildman–Crippen LogP) is 8.70. The van der Waals surface area contributed by atoms with Gasteiger partial charge in [0.05, 0.1) is 0 Å². The molecule has 0 aromatic heterocycles. The van der Waals surface area contributed by atoms with Gasteiger partial charge in [-0.05, 0) is 101 Å². The van der Waals surface area contributed by atoms with Gasteiger partial charge in [-0.2, -0.15) is 0 Å². The van der Waals surface area contributed by atoms with Crippen molar-refractivity contribution in [3.63, 3.8) is 0 Å². The zero-order chi connectivity index (χ0) is 29.6. The first-order valence-corrected chi connectivity index (χ1v) is 17.4. The van der Waals surface area contributed by atoms with E-state index in [-0.39, 0.29) is 10.8 Å². The zero-order valence-corrected chi connectivity index (χ0v) is 28.4. The van der Waals surface area contributed by atoms with Gasteiger partial charge in [-0.15, -0.1) is 0 Å². The van der Waals surface area contributed by atoms with Gasteiger partial charge >= 0.3 is 0 Å². The van der Waals surface area contributed by atoms with Gasteiger partial charge in [0.2, 0.25) is 0 Å². The molecule has 0 amide bonds. The maximum absolute atomic E-state index is 2.68. The molecule has 0 N–H and O–H groups in total. The average Bonchev–Trinajstić information content (AvgIpc) is 3.20. The van der Waals surface area contributed by atoms with E-state index in [1.54, 1.807) is 16.0 Å². The smallest absolute Gasteiger partial charge is 0.0776 e. The average molecular weight is 549 g/mol. The van der Waals surface area contributed by atoms with E-state index in [1.807, 2.05) is 0 Å². The first-order chi connectivity index (χ1) is 18.6. The zero-order valence-electron chi connectivity index (χ0n) is 27.4. The maximum atomic E-state index is 2.61. The number of benzene rings is 3. The summed E-state index contributed by atoms with van der Waals surface area (Å²) in [6.07, 6.45) is 5.65. The van der Waals surface area contributed by atoms with Crippen molar-refractivity contribution >= 4 is 23.6 Å². The monoisotopic (exact) mass is 548 g/mol. The Balaban J connectivity index is 2.33. The Bertz CT molecular complexity index is 1410. The molecule has 0 saturated heterocycles. The Morgan fingerprint density at radius 1 is 0.575 bits per heavy atom. The molecule has 212 valence electrons. The number of hydrogen-bond donors (Lipinski definition) is 0. The molecule has 40 heavy (non-hydrogen) atoms. The molecule has 0 nitrogen and oxygen atoms in total.